The van der Waals surface area contributed by atoms with Crippen LogP contribution in [0.25, 0.3) is 0 Å². The number of hydrogen-bond acceptors (Lipinski definition) is 3. The van der Waals surface area contributed by atoms with Crippen molar-refractivity contribution in [1.82, 2.24) is 4.90 Å². The van der Waals surface area contributed by atoms with Gasteiger partial charge in [0.05, 0.1) is 12.5 Å². The van der Waals surface area contributed by atoms with Crippen LogP contribution in [0.15, 0.2) is 23.0 Å². The van der Waals surface area contributed by atoms with Crippen LogP contribution in [0, 0.1) is 0 Å². The predicted octanol–water partition coefficient (Wildman–Crippen LogP) is 0.587. The lowest BCUT2D eigenvalue weighted by molar-refractivity contribution is -0.130. The molecular weight excluding hydrogens is 168 g/mol. The lowest BCUT2D eigenvalue weighted by atomic mass is 10.3. The van der Waals surface area contributed by atoms with Crippen LogP contribution in [0.4, 0.5) is 0 Å². The first-order valence-corrected chi connectivity index (χ1v) is 4.19. The van der Waals surface area contributed by atoms with E-state index in [1.807, 2.05) is 6.07 Å². The van der Waals surface area contributed by atoms with Gasteiger partial charge >= 0.3 is 0 Å². The molecule has 4 nitrogen and oxygen atoms in total. The van der Waals surface area contributed by atoms with E-state index in [1.54, 1.807) is 24.5 Å². The molecule has 0 spiro atoms. The first-order valence-electron chi connectivity index (χ1n) is 4.19. The molecular formula is C9H14N2O2. The molecule has 0 aliphatic carbocycles. The Morgan fingerprint density at radius 2 is 2.46 bits per heavy atom. The minimum Gasteiger partial charge on any atom is -0.472 e. The smallest absolute Gasteiger partial charge is 0.223 e. The standard InChI is InChI=1S/C9H14N2O2/c1-11(9(12)2-4-10)6-8-3-5-13-7-8/h3,5,7H,2,4,6,10H2,1H3. The van der Waals surface area contributed by atoms with E-state index in [-0.39, 0.29) is 5.91 Å². The molecule has 0 unspecified atom stereocenters. The molecule has 0 saturated carbocycles. The van der Waals surface area contributed by atoms with Crippen molar-refractivity contribution in [1.29, 1.82) is 0 Å². The van der Waals surface area contributed by atoms with Gasteiger partial charge in [-0.3, -0.25) is 4.79 Å². The van der Waals surface area contributed by atoms with Gasteiger partial charge in [-0.25, -0.2) is 0 Å². The Morgan fingerprint density at radius 3 is 3.00 bits per heavy atom. The number of furan rings is 1. The summed E-state index contributed by atoms with van der Waals surface area (Å²) in [5, 5.41) is 0. The van der Waals surface area contributed by atoms with Crippen LogP contribution in [0.5, 0.6) is 0 Å². The van der Waals surface area contributed by atoms with Gasteiger partial charge < -0.3 is 15.1 Å². The van der Waals surface area contributed by atoms with Crippen LogP contribution in [0.2, 0.25) is 0 Å². The molecule has 0 radical (unpaired) electrons. The Morgan fingerprint density at radius 1 is 1.69 bits per heavy atom. The minimum absolute atomic E-state index is 0.0590. The number of amides is 1. The average molecular weight is 182 g/mol. The van der Waals surface area contributed by atoms with Gasteiger partial charge in [-0.15, -0.1) is 0 Å². The number of nitrogens with two attached hydrogens (primary N) is 1. The third-order valence-electron chi connectivity index (χ3n) is 1.78. The normalized spacial score (nSPS) is 10.0. The van der Waals surface area contributed by atoms with Crippen molar-refractivity contribution >= 4 is 5.91 Å². The van der Waals surface area contributed by atoms with Crippen molar-refractivity contribution in [3.8, 4) is 0 Å². The predicted molar refractivity (Wildman–Crippen MR) is 48.9 cm³/mol. The van der Waals surface area contributed by atoms with Crippen LogP contribution in [0.1, 0.15) is 12.0 Å². The lowest BCUT2D eigenvalue weighted by Gasteiger charge is -2.15. The molecule has 1 amide bonds. The van der Waals surface area contributed by atoms with Crippen molar-refractivity contribution in [3.05, 3.63) is 24.2 Å². The number of carbonyl (C=O) groups is 1. The number of carbonyl (C=O) groups excluding carboxylic acids is 1. The SMILES string of the molecule is CN(Cc1ccoc1)C(=O)CCN. The molecule has 2 N–H and O–H groups in total. The van der Waals surface area contributed by atoms with E-state index in [1.165, 1.54) is 0 Å². The van der Waals surface area contributed by atoms with Crippen LogP contribution in [0.3, 0.4) is 0 Å². The van der Waals surface area contributed by atoms with Crippen molar-refractivity contribution in [2.24, 2.45) is 5.73 Å². The van der Waals surface area contributed by atoms with Gasteiger partial charge in [0.15, 0.2) is 0 Å². The summed E-state index contributed by atoms with van der Waals surface area (Å²) in [5.41, 5.74) is 6.27. The Hall–Kier alpha value is -1.29. The average Bonchev–Trinajstić information content (AvgIpc) is 2.57. The molecule has 4 heteroatoms. The maximum atomic E-state index is 11.3. The maximum Gasteiger partial charge on any atom is 0.223 e. The van der Waals surface area contributed by atoms with Crippen LogP contribution >= 0.6 is 0 Å². The molecule has 1 rings (SSSR count). The molecule has 0 aliphatic heterocycles. The summed E-state index contributed by atoms with van der Waals surface area (Å²) in [7, 11) is 1.75. The van der Waals surface area contributed by atoms with E-state index >= 15 is 0 Å². The Balaban J connectivity index is 2.41. The molecule has 0 aromatic carbocycles. The van der Waals surface area contributed by atoms with Gasteiger partial charge in [0.1, 0.15) is 0 Å². The fourth-order valence-corrected chi connectivity index (χ4v) is 1.06. The molecule has 0 aliphatic rings. The zero-order valence-corrected chi connectivity index (χ0v) is 7.69. The van der Waals surface area contributed by atoms with Gasteiger partial charge in [-0.1, -0.05) is 0 Å². The Bertz CT molecular complexity index is 257. The molecule has 0 saturated heterocycles. The highest BCUT2D eigenvalue weighted by Crippen LogP contribution is 2.04. The highest BCUT2D eigenvalue weighted by Gasteiger charge is 2.07. The fourth-order valence-electron chi connectivity index (χ4n) is 1.06. The number of hydrogen-bond donors (Lipinski definition) is 1. The van der Waals surface area contributed by atoms with Gasteiger partial charge in [0.25, 0.3) is 0 Å². The number of rotatable bonds is 4. The summed E-state index contributed by atoms with van der Waals surface area (Å²) < 4.78 is 4.89. The van der Waals surface area contributed by atoms with Crippen molar-refractivity contribution in [2.45, 2.75) is 13.0 Å². The second-order valence-electron chi connectivity index (χ2n) is 2.92. The highest BCUT2D eigenvalue weighted by molar-refractivity contribution is 5.75. The van der Waals surface area contributed by atoms with Gasteiger partial charge in [-0.2, -0.15) is 0 Å². The van der Waals surface area contributed by atoms with Crippen LogP contribution < -0.4 is 5.73 Å². The van der Waals surface area contributed by atoms with Crippen molar-refractivity contribution < 1.29 is 9.21 Å². The third-order valence-corrected chi connectivity index (χ3v) is 1.78. The monoisotopic (exact) mass is 182 g/mol. The Kier molecular flexibility index (Phi) is 3.52. The zero-order chi connectivity index (χ0) is 9.68. The van der Waals surface area contributed by atoms with Gasteiger partial charge in [-0.05, 0) is 6.07 Å². The molecule has 0 fully saturated rings. The molecule has 13 heavy (non-hydrogen) atoms. The minimum atomic E-state index is 0.0590. The summed E-state index contributed by atoms with van der Waals surface area (Å²) in [6, 6.07) is 1.84. The van der Waals surface area contributed by atoms with Crippen molar-refractivity contribution in [2.75, 3.05) is 13.6 Å². The molecule has 1 aromatic rings. The maximum absolute atomic E-state index is 11.3. The van der Waals surface area contributed by atoms with Gasteiger partial charge in [0, 0.05) is 32.1 Å². The zero-order valence-electron chi connectivity index (χ0n) is 7.69. The van der Waals surface area contributed by atoms with Crippen LogP contribution in [-0.4, -0.2) is 24.4 Å². The van der Waals surface area contributed by atoms with E-state index in [4.69, 9.17) is 10.2 Å². The van der Waals surface area contributed by atoms with Gasteiger partial charge in [0.2, 0.25) is 5.91 Å². The first-order chi connectivity index (χ1) is 6.24. The largest absolute Gasteiger partial charge is 0.472 e. The molecule has 0 atom stereocenters. The van der Waals surface area contributed by atoms with Crippen LogP contribution in [-0.2, 0) is 11.3 Å². The summed E-state index contributed by atoms with van der Waals surface area (Å²) in [6.45, 7) is 0.976. The van der Waals surface area contributed by atoms with E-state index in [0.29, 0.717) is 19.5 Å². The van der Waals surface area contributed by atoms with E-state index in [0.717, 1.165) is 5.56 Å². The fraction of sp³-hybridized carbons (Fsp3) is 0.444. The highest BCUT2D eigenvalue weighted by atomic mass is 16.3. The van der Waals surface area contributed by atoms with E-state index in [2.05, 4.69) is 0 Å². The topological polar surface area (TPSA) is 59.5 Å². The summed E-state index contributed by atoms with van der Waals surface area (Å²) in [6.07, 6.45) is 3.62. The molecule has 1 aromatic heterocycles. The second-order valence-corrected chi connectivity index (χ2v) is 2.92. The third kappa shape index (κ3) is 2.91. The molecule has 1 heterocycles. The Labute approximate surface area is 77.3 Å². The summed E-state index contributed by atoms with van der Waals surface area (Å²) in [4.78, 5) is 12.9. The molecule has 0 bridgehead atoms. The van der Waals surface area contributed by atoms with Crippen molar-refractivity contribution in [3.63, 3.8) is 0 Å². The molecule has 72 valence electrons. The summed E-state index contributed by atoms with van der Waals surface area (Å²) >= 11 is 0. The van der Waals surface area contributed by atoms with E-state index < -0.39 is 0 Å². The first kappa shape index (κ1) is 9.80. The second kappa shape index (κ2) is 4.67. The quantitative estimate of drug-likeness (QED) is 0.741. The van der Waals surface area contributed by atoms with E-state index in [9.17, 15) is 4.79 Å². The lowest BCUT2D eigenvalue weighted by Crippen LogP contribution is -2.27. The summed E-state index contributed by atoms with van der Waals surface area (Å²) in [5.74, 6) is 0.0590. The number of nitrogens with zero attached hydrogens (tertiary/aromatic N) is 1.